The largest absolute Gasteiger partial charge is 0.304 e. The van der Waals surface area contributed by atoms with Crippen molar-refractivity contribution in [3.05, 3.63) is 59.1 Å². The molecule has 12 heavy (non-hydrogen) atoms. The lowest BCUT2D eigenvalue weighted by Crippen LogP contribution is -1.98. The first kappa shape index (κ1) is 10.3. The van der Waals surface area contributed by atoms with Crippen LogP contribution in [0.1, 0.15) is 0 Å². The van der Waals surface area contributed by atoms with Crippen molar-refractivity contribution in [3.63, 3.8) is 0 Å². The summed E-state index contributed by atoms with van der Waals surface area (Å²) in [7, 11) is 0. The molecule has 0 amide bonds. The molecule has 3 nitrogen and oxygen atoms in total. The summed E-state index contributed by atoms with van der Waals surface area (Å²) in [6.07, 6.45) is 4.18. The van der Waals surface area contributed by atoms with Gasteiger partial charge in [-0.2, -0.15) is 4.39 Å². The van der Waals surface area contributed by atoms with Crippen LogP contribution in [-0.2, 0) is 0 Å². The highest BCUT2D eigenvalue weighted by molar-refractivity contribution is 5.24. The number of nitro groups is 1. The molecule has 0 saturated heterocycles. The van der Waals surface area contributed by atoms with E-state index in [1.807, 2.05) is 0 Å². The van der Waals surface area contributed by atoms with Crippen LogP contribution in [0, 0.1) is 10.1 Å². The second kappa shape index (κ2) is 5.01. The van der Waals surface area contributed by atoms with E-state index < -0.39 is 16.4 Å². The lowest BCUT2D eigenvalue weighted by Gasteiger charge is -1.91. The smallest absolute Gasteiger partial charge is 0.258 e. The summed E-state index contributed by atoms with van der Waals surface area (Å²) in [4.78, 5) is 9.36. The van der Waals surface area contributed by atoms with Gasteiger partial charge in [0, 0.05) is 6.08 Å². The van der Waals surface area contributed by atoms with Crippen LogP contribution >= 0.6 is 0 Å². The predicted octanol–water partition coefficient (Wildman–Crippen LogP) is 2.37. The minimum atomic E-state index is -0.935. The van der Waals surface area contributed by atoms with Gasteiger partial charge in [-0.15, -0.1) is 0 Å². The van der Waals surface area contributed by atoms with E-state index in [2.05, 4.69) is 13.2 Å². The maximum Gasteiger partial charge on any atom is 0.304 e. The van der Waals surface area contributed by atoms with Crippen molar-refractivity contribution in [1.82, 2.24) is 0 Å². The van der Waals surface area contributed by atoms with Gasteiger partial charge in [0.25, 0.3) is 0 Å². The van der Waals surface area contributed by atoms with Crippen molar-refractivity contribution in [2.24, 2.45) is 0 Å². The van der Waals surface area contributed by atoms with E-state index in [0.29, 0.717) is 0 Å². The highest BCUT2D eigenvalue weighted by atomic mass is 19.1. The number of nitrogens with zero attached hydrogens (tertiary/aromatic N) is 1. The zero-order chi connectivity index (χ0) is 9.56. The number of hydrogen-bond donors (Lipinski definition) is 0. The molecule has 0 aromatic carbocycles. The molecule has 0 heterocycles. The first-order chi connectivity index (χ1) is 5.63. The van der Waals surface area contributed by atoms with E-state index in [1.165, 1.54) is 0 Å². The fraction of sp³-hybridized carbons (Fsp3) is 0. The molecule has 0 aliphatic heterocycles. The molecule has 0 aromatic rings. The van der Waals surface area contributed by atoms with Gasteiger partial charge in [0.2, 0.25) is 0 Å². The summed E-state index contributed by atoms with van der Waals surface area (Å²) in [6, 6.07) is 0. The van der Waals surface area contributed by atoms with Gasteiger partial charge in [-0.1, -0.05) is 25.3 Å². The van der Waals surface area contributed by atoms with Crippen LogP contribution in [0.3, 0.4) is 0 Å². The average molecular weight is 169 g/mol. The molecule has 0 bridgehead atoms. The normalized spacial score (nSPS) is 12.4. The third-order valence-corrected chi connectivity index (χ3v) is 0.981. The van der Waals surface area contributed by atoms with Crippen molar-refractivity contribution in [3.8, 4) is 0 Å². The van der Waals surface area contributed by atoms with Gasteiger partial charge in [0.1, 0.15) is 0 Å². The Morgan fingerprint density at radius 3 is 2.17 bits per heavy atom. The van der Waals surface area contributed by atoms with E-state index in [-0.39, 0.29) is 0 Å². The zero-order valence-electron chi connectivity index (χ0n) is 6.37. The van der Waals surface area contributed by atoms with E-state index in [9.17, 15) is 14.5 Å². The van der Waals surface area contributed by atoms with Crippen molar-refractivity contribution in [1.29, 1.82) is 0 Å². The Hall–Kier alpha value is -1.71. The van der Waals surface area contributed by atoms with Crippen LogP contribution < -0.4 is 0 Å². The first-order valence-corrected chi connectivity index (χ1v) is 3.09. The quantitative estimate of drug-likeness (QED) is 0.368. The molecular formula is C8H8FNO2. The molecule has 0 aliphatic rings. The van der Waals surface area contributed by atoms with Crippen molar-refractivity contribution in [2.45, 2.75) is 0 Å². The summed E-state index contributed by atoms with van der Waals surface area (Å²) in [6.45, 7) is 6.44. The van der Waals surface area contributed by atoms with Gasteiger partial charge >= 0.3 is 5.70 Å². The van der Waals surface area contributed by atoms with Gasteiger partial charge in [0.15, 0.2) is 5.83 Å². The number of hydrogen-bond acceptors (Lipinski definition) is 2. The Labute approximate surface area is 69.4 Å². The molecular weight excluding hydrogens is 161 g/mol. The Kier molecular flexibility index (Phi) is 4.30. The maximum absolute atomic E-state index is 12.7. The SMILES string of the molecule is C=C/C=C(F)\C(=C/C=C)[N+](=O)[O-]. The lowest BCUT2D eigenvalue weighted by molar-refractivity contribution is -0.422. The standard InChI is InChI=1S/C8H8FNO2/c1-3-5-7(9)8(6-4-2)10(11)12/h3-6H,1-2H2/b7-5+,8-6+. The molecule has 0 fully saturated rings. The summed E-state index contributed by atoms with van der Waals surface area (Å²) >= 11 is 0. The molecule has 4 heteroatoms. The summed E-state index contributed by atoms with van der Waals surface area (Å²) < 4.78 is 12.7. The number of halogens is 1. The topological polar surface area (TPSA) is 43.1 Å². The Bertz CT molecular complexity index is 266. The summed E-state index contributed by atoms with van der Waals surface area (Å²) in [5.41, 5.74) is -0.620. The lowest BCUT2D eigenvalue weighted by atomic mass is 10.3. The second-order valence-corrected chi connectivity index (χ2v) is 1.80. The number of allylic oxidation sites excluding steroid dienone is 5. The minimum Gasteiger partial charge on any atom is -0.258 e. The molecule has 0 aromatic heterocycles. The van der Waals surface area contributed by atoms with Crippen LogP contribution in [0.15, 0.2) is 49.0 Å². The van der Waals surface area contributed by atoms with Gasteiger partial charge in [-0.3, -0.25) is 10.1 Å². The molecule has 0 aliphatic carbocycles. The van der Waals surface area contributed by atoms with Crippen LogP contribution in [-0.4, -0.2) is 4.92 Å². The zero-order valence-corrected chi connectivity index (χ0v) is 6.37. The van der Waals surface area contributed by atoms with Crippen LogP contribution in [0.2, 0.25) is 0 Å². The van der Waals surface area contributed by atoms with Gasteiger partial charge in [-0.05, 0) is 6.08 Å². The molecule has 0 atom stereocenters. The van der Waals surface area contributed by atoms with Gasteiger partial charge in [0.05, 0.1) is 4.92 Å². The molecule has 0 spiro atoms. The third-order valence-electron chi connectivity index (χ3n) is 0.981. The van der Waals surface area contributed by atoms with Crippen LogP contribution in [0.25, 0.3) is 0 Å². The van der Waals surface area contributed by atoms with E-state index in [0.717, 1.165) is 24.3 Å². The summed E-state index contributed by atoms with van der Waals surface area (Å²) in [5, 5.41) is 10.2. The van der Waals surface area contributed by atoms with Crippen molar-refractivity contribution < 1.29 is 9.31 Å². The van der Waals surface area contributed by atoms with Gasteiger partial charge in [-0.25, -0.2) is 0 Å². The Balaban J connectivity index is 4.87. The highest BCUT2D eigenvalue weighted by Gasteiger charge is 2.14. The van der Waals surface area contributed by atoms with Crippen LogP contribution in [0.4, 0.5) is 4.39 Å². The molecule has 0 saturated carbocycles. The Morgan fingerprint density at radius 1 is 1.33 bits per heavy atom. The monoisotopic (exact) mass is 169 g/mol. The van der Waals surface area contributed by atoms with Crippen LogP contribution in [0.5, 0.6) is 0 Å². The molecule has 0 unspecified atom stereocenters. The first-order valence-electron chi connectivity index (χ1n) is 3.09. The number of rotatable bonds is 4. The minimum absolute atomic E-state index is 0.620. The van der Waals surface area contributed by atoms with Crippen molar-refractivity contribution >= 4 is 0 Å². The third kappa shape index (κ3) is 2.92. The Morgan fingerprint density at radius 2 is 1.83 bits per heavy atom. The fourth-order valence-corrected chi connectivity index (χ4v) is 0.528. The molecule has 0 rings (SSSR count). The van der Waals surface area contributed by atoms with E-state index in [1.54, 1.807) is 0 Å². The molecule has 0 radical (unpaired) electrons. The van der Waals surface area contributed by atoms with Gasteiger partial charge < -0.3 is 0 Å². The van der Waals surface area contributed by atoms with E-state index >= 15 is 0 Å². The molecule has 64 valence electrons. The van der Waals surface area contributed by atoms with Crippen molar-refractivity contribution in [2.75, 3.05) is 0 Å². The summed E-state index contributed by atoms with van der Waals surface area (Å²) in [5.74, 6) is -0.935. The van der Waals surface area contributed by atoms with E-state index in [4.69, 9.17) is 0 Å². The average Bonchev–Trinajstić information content (AvgIpc) is 1.99. The second-order valence-electron chi connectivity index (χ2n) is 1.80. The predicted molar refractivity (Wildman–Crippen MR) is 44.7 cm³/mol. The maximum atomic E-state index is 12.7. The fourth-order valence-electron chi connectivity index (χ4n) is 0.528. The molecule has 0 N–H and O–H groups in total. The highest BCUT2D eigenvalue weighted by Crippen LogP contribution is 2.11.